The van der Waals surface area contributed by atoms with Crippen molar-refractivity contribution in [3.05, 3.63) is 59.3 Å². The van der Waals surface area contributed by atoms with Gasteiger partial charge in [0.05, 0.1) is 31.6 Å². The molecular formula is C27H30N2O4. The van der Waals surface area contributed by atoms with Crippen molar-refractivity contribution < 1.29 is 19.1 Å². The number of methoxy groups -OCH3 is 2. The van der Waals surface area contributed by atoms with Crippen molar-refractivity contribution in [2.75, 3.05) is 24.4 Å². The Labute approximate surface area is 194 Å². The zero-order valence-corrected chi connectivity index (χ0v) is 19.6. The van der Waals surface area contributed by atoms with Gasteiger partial charge in [-0.15, -0.1) is 0 Å². The lowest BCUT2D eigenvalue weighted by Crippen LogP contribution is -2.40. The summed E-state index contributed by atoms with van der Waals surface area (Å²) in [7, 11) is 3.21. The molecule has 1 N–H and O–H groups in total. The van der Waals surface area contributed by atoms with Gasteiger partial charge in [-0.2, -0.15) is 0 Å². The molecule has 1 atom stereocenters. The number of anilines is 2. The molecule has 2 aromatic rings. The molecule has 0 spiro atoms. The summed E-state index contributed by atoms with van der Waals surface area (Å²) in [5, 5.41) is 3.55. The summed E-state index contributed by atoms with van der Waals surface area (Å²) in [5.74, 6) is 1.36. The fraction of sp³-hybridized carbons (Fsp3) is 0.407. The molecule has 0 aromatic heterocycles. The zero-order valence-electron chi connectivity index (χ0n) is 19.6. The molecule has 6 heteroatoms. The topological polar surface area (TPSA) is 67.9 Å². The van der Waals surface area contributed by atoms with Crippen LogP contribution in [-0.2, 0) is 9.59 Å². The van der Waals surface area contributed by atoms with Crippen LogP contribution in [0.5, 0.6) is 11.5 Å². The van der Waals surface area contributed by atoms with E-state index in [4.69, 9.17) is 9.47 Å². The molecule has 2 aromatic carbocycles. The van der Waals surface area contributed by atoms with E-state index in [-0.39, 0.29) is 23.0 Å². The summed E-state index contributed by atoms with van der Waals surface area (Å²) >= 11 is 0. The average Bonchev–Trinajstić information content (AvgIpc) is 3.63. The number of carbonyl (C=O) groups is 2. The first kappa shape index (κ1) is 21.6. The number of allylic oxidation sites excluding steroid dienone is 1. The van der Waals surface area contributed by atoms with Crippen molar-refractivity contribution >= 4 is 23.1 Å². The Bertz CT molecular complexity index is 1160. The molecule has 3 aliphatic rings. The van der Waals surface area contributed by atoms with Gasteiger partial charge in [0.2, 0.25) is 5.91 Å². The lowest BCUT2D eigenvalue weighted by atomic mass is 9.73. The third-order valence-corrected chi connectivity index (χ3v) is 6.80. The number of fused-ring (bicyclic) bond motifs is 1. The van der Waals surface area contributed by atoms with Gasteiger partial charge in [-0.1, -0.05) is 26.0 Å². The number of hydrogen-bond acceptors (Lipinski definition) is 5. The number of amides is 1. The minimum atomic E-state index is -0.575. The molecule has 1 amide bonds. The van der Waals surface area contributed by atoms with E-state index >= 15 is 0 Å². The standard InChI is InChI=1S/C27H30N2O4/c1-27(2)14-20-24(22(30)15-27)25(18-12-11-17(32-3)13-23(18)33-4)29(26(31)16-9-10-16)21-8-6-5-7-19(21)28-20/h5-8,11-13,16,25,28H,9-10,14-15H2,1-4H3/t25-/m1/s1. The van der Waals surface area contributed by atoms with Crippen LogP contribution in [0, 0.1) is 11.3 Å². The molecule has 0 saturated heterocycles. The van der Waals surface area contributed by atoms with E-state index in [1.54, 1.807) is 14.2 Å². The maximum atomic E-state index is 13.8. The largest absolute Gasteiger partial charge is 0.497 e. The second-order valence-corrected chi connectivity index (χ2v) is 9.97. The molecule has 1 heterocycles. The molecule has 0 unspecified atom stereocenters. The maximum Gasteiger partial charge on any atom is 0.231 e. The van der Waals surface area contributed by atoms with E-state index in [1.165, 1.54) is 0 Å². The van der Waals surface area contributed by atoms with E-state index in [1.807, 2.05) is 47.4 Å². The van der Waals surface area contributed by atoms with Crippen molar-refractivity contribution in [3.8, 4) is 11.5 Å². The number of para-hydroxylation sites is 2. The van der Waals surface area contributed by atoms with Crippen LogP contribution >= 0.6 is 0 Å². The maximum absolute atomic E-state index is 13.8. The molecular weight excluding hydrogens is 416 g/mol. The number of nitrogens with zero attached hydrogens (tertiary/aromatic N) is 1. The molecule has 33 heavy (non-hydrogen) atoms. The first-order valence-electron chi connectivity index (χ1n) is 11.5. The van der Waals surface area contributed by atoms with E-state index in [0.717, 1.165) is 41.9 Å². The fourth-order valence-corrected chi connectivity index (χ4v) is 5.10. The summed E-state index contributed by atoms with van der Waals surface area (Å²) in [5.41, 5.74) is 3.80. The fourth-order valence-electron chi connectivity index (χ4n) is 5.10. The smallest absolute Gasteiger partial charge is 0.231 e. The normalized spacial score (nSPS) is 21.5. The Morgan fingerprint density at radius 3 is 2.52 bits per heavy atom. The minimum Gasteiger partial charge on any atom is -0.497 e. The van der Waals surface area contributed by atoms with Crippen LogP contribution in [0.25, 0.3) is 0 Å². The molecule has 0 bridgehead atoms. The van der Waals surface area contributed by atoms with Crippen molar-refractivity contribution in [2.45, 2.75) is 45.6 Å². The van der Waals surface area contributed by atoms with Gasteiger partial charge in [0, 0.05) is 35.2 Å². The van der Waals surface area contributed by atoms with Gasteiger partial charge >= 0.3 is 0 Å². The second kappa shape index (κ2) is 7.94. The summed E-state index contributed by atoms with van der Waals surface area (Å²) in [6.45, 7) is 4.23. The molecule has 172 valence electrons. The number of nitrogens with one attached hydrogen (secondary N) is 1. The molecule has 1 aliphatic heterocycles. The minimum absolute atomic E-state index is 0.0120. The summed E-state index contributed by atoms with van der Waals surface area (Å²) < 4.78 is 11.2. The Hall–Kier alpha value is -3.28. The summed E-state index contributed by atoms with van der Waals surface area (Å²) in [6.07, 6.45) is 2.92. The van der Waals surface area contributed by atoms with Crippen LogP contribution in [0.15, 0.2) is 53.7 Å². The van der Waals surface area contributed by atoms with Crippen LogP contribution in [-0.4, -0.2) is 25.9 Å². The first-order valence-corrected chi connectivity index (χ1v) is 11.5. The summed E-state index contributed by atoms with van der Waals surface area (Å²) in [4.78, 5) is 29.3. The highest BCUT2D eigenvalue weighted by molar-refractivity contribution is 6.07. The van der Waals surface area contributed by atoms with Gasteiger partial charge in [0.15, 0.2) is 5.78 Å². The van der Waals surface area contributed by atoms with Crippen LogP contribution in [0.2, 0.25) is 0 Å². The lowest BCUT2D eigenvalue weighted by Gasteiger charge is -2.37. The number of hydrogen-bond donors (Lipinski definition) is 1. The van der Waals surface area contributed by atoms with E-state index < -0.39 is 6.04 Å². The number of Topliss-reactive ketones (excluding diaryl/α,β-unsaturated/α-hetero) is 1. The number of carbonyl (C=O) groups excluding carboxylic acids is 2. The molecule has 5 rings (SSSR count). The molecule has 2 aliphatic carbocycles. The first-order chi connectivity index (χ1) is 15.8. The van der Waals surface area contributed by atoms with Gasteiger partial charge in [-0.05, 0) is 48.9 Å². The molecule has 0 radical (unpaired) electrons. The van der Waals surface area contributed by atoms with Crippen LogP contribution in [0.1, 0.15) is 51.1 Å². The van der Waals surface area contributed by atoms with Gasteiger partial charge in [0.1, 0.15) is 11.5 Å². The Morgan fingerprint density at radius 1 is 1.06 bits per heavy atom. The lowest BCUT2D eigenvalue weighted by molar-refractivity contribution is -0.120. The van der Waals surface area contributed by atoms with Crippen LogP contribution in [0.4, 0.5) is 11.4 Å². The van der Waals surface area contributed by atoms with Crippen molar-refractivity contribution in [1.82, 2.24) is 0 Å². The van der Waals surface area contributed by atoms with Gasteiger partial charge in [-0.25, -0.2) is 0 Å². The highest BCUT2D eigenvalue weighted by atomic mass is 16.5. The van der Waals surface area contributed by atoms with E-state index in [9.17, 15) is 9.59 Å². The third-order valence-electron chi connectivity index (χ3n) is 6.80. The van der Waals surface area contributed by atoms with E-state index in [2.05, 4.69) is 19.2 Å². The predicted octanol–water partition coefficient (Wildman–Crippen LogP) is 5.26. The number of ether oxygens (including phenoxy) is 2. The number of ketones is 1. The van der Waals surface area contributed by atoms with Gasteiger partial charge < -0.3 is 14.8 Å². The second-order valence-electron chi connectivity index (χ2n) is 9.97. The Morgan fingerprint density at radius 2 is 1.82 bits per heavy atom. The zero-order chi connectivity index (χ0) is 23.3. The van der Waals surface area contributed by atoms with E-state index in [0.29, 0.717) is 23.5 Å². The molecule has 1 saturated carbocycles. The van der Waals surface area contributed by atoms with Crippen LogP contribution < -0.4 is 19.7 Å². The van der Waals surface area contributed by atoms with Gasteiger partial charge in [-0.3, -0.25) is 14.5 Å². The van der Waals surface area contributed by atoms with Crippen molar-refractivity contribution in [3.63, 3.8) is 0 Å². The Kier molecular flexibility index (Phi) is 5.19. The molecule has 6 nitrogen and oxygen atoms in total. The SMILES string of the molecule is COc1ccc([C@@H]2C3=C(CC(C)(C)CC3=O)Nc3ccccc3N2C(=O)C2CC2)c(OC)c1. The third kappa shape index (κ3) is 3.77. The number of rotatable bonds is 4. The highest BCUT2D eigenvalue weighted by Gasteiger charge is 2.46. The Balaban J connectivity index is 1.79. The predicted molar refractivity (Wildman–Crippen MR) is 128 cm³/mol. The quantitative estimate of drug-likeness (QED) is 0.694. The number of benzene rings is 2. The van der Waals surface area contributed by atoms with Crippen LogP contribution in [0.3, 0.4) is 0 Å². The monoisotopic (exact) mass is 446 g/mol. The summed E-state index contributed by atoms with van der Waals surface area (Å²) in [6, 6.07) is 12.8. The molecule has 1 fully saturated rings. The highest BCUT2D eigenvalue weighted by Crippen LogP contribution is 2.51. The average molecular weight is 447 g/mol. The van der Waals surface area contributed by atoms with Crippen molar-refractivity contribution in [2.24, 2.45) is 11.3 Å². The van der Waals surface area contributed by atoms with Crippen molar-refractivity contribution in [1.29, 1.82) is 0 Å². The van der Waals surface area contributed by atoms with Gasteiger partial charge in [0.25, 0.3) is 0 Å².